The molecule has 1 aromatic heterocycles. The van der Waals surface area contributed by atoms with Crippen LogP contribution in [0.15, 0.2) is 35.7 Å². The number of thiazole rings is 1. The summed E-state index contributed by atoms with van der Waals surface area (Å²) in [7, 11) is 0. The zero-order valence-corrected chi connectivity index (χ0v) is 25.4. The highest BCUT2D eigenvalue weighted by molar-refractivity contribution is 7.09. The molecular formula is C33H50N4OS. The second-order valence-electron chi connectivity index (χ2n) is 12.9. The Bertz CT molecular complexity index is 1050. The number of aryl methyl sites for hydroxylation is 1. The van der Waals surface area contributed by atoms with Gasteiger partial charge in [0.15, 0.2) is 0 Å². The van der Waals surface area contributed by atoms with Crippen molar-refractivity contribution in [2.24, 2.45) is 17.3 Å². The van der Waals surface area contributed by atoms with E-state index in [-0.39, 0.29) is 11.3 Å². The van der Waals surface area contributed by atoms with Crippen molar-refractivity contribution < 1.29 is 4.79 Å². The van der Waals surface area contributed by atoms with Crippen LogP contribution in [-0.2, 0) is 11.3 Å². The molecule has 1 N–H and O–H groups in total. The summed E-state index contributed by atoms with van der Waals surface area (Å²) in [6.45, 7) is 12.4. The molecule has 2 aromatic rings. The number of rotatable bonds is 10. The Labute approximate surface area is 240 Å². The van der Waals surface area contributed by atoms with Gasteiger partial charge in [0.05, 0.1) is 16.6 Å². The zero-order valence-electron chi connectivity index (χ0n) is 24.5. The third-order valence-electron chi connectivity index (χ3n) is 10.0. The SMILES string of the molecule is CCCN(CCC1(C)CNCC1C(=O)N1CCC(c2ccccc2)CC1C1CCCCC1)Cc1csc(C)n1. The van der Waals surface area contributed by atoms with Crippen molar-refractivity contribution in [3.63, 3.8) is 0 Å². The predicted octanol–water partition coefficient (Wildman–Crippen LogP) is 6.63. The molecule has 3 fully saturated rings. The van der Waals surface area contributed by atoms with E-state index in [9.17, 15) is 4.79 Å². The van der Waals surface area contributed by atoms with Gasteiger partial charge >= 0.3 is 0 Å². The largest absolute Gasteiger partial charge is 0.339 e. The van der Waals surface area contributed by atoms with Crippen LogP contribution in [0.1, 0.15) is 93.8 Å². The summed E-state index contributed by atoms with van der Waals surface area (Å²) in [4.78, 5) is 24.1. The van der Waals surface area contributed by atoms with Gasteiger partial charge in [-0.1, -0.05) is 63.4 Å². The number of carbonyl (C=O) groups is 1. The number of likely N-dealkylation sites (tertiary alicyclic amines) is 1. The van der Waals surface area contributed by atoms with E-state index in [1.807, 2.05) is 0 Å². The van der Waals surface area contributed by atoms with Crippen LogP contribution in [0.4, 0.5) is 0 Å². The number of aromatic nitrogens is 1. The molecule has 214 valence electrons. The molecule has 0 spiro atoms. The van der Waals surface area contributed by atoms with Crippen molar-refractivity contribution in [1.29, 1.82) is 0 Å². The van der Waals surface area contributed by atoms with Gasteiger partial charge in [-0.15, -0.1) is 11.3 Å². The molecule has 1 saturated carbocycles. The van der Waals surface area contributed by atoms with E-state index in [2.05, 4.69) is 71.6 Å². The summed E-state index contributed by atoms with van der Waals surface area (Å²) >= 11 is 1.74. The number of benzene rings is 1. The fourth-order valence-electron chi connectivity index (χ4n) is 7.69. The third-order valence-corrected chi connectivity index (χ3v) is 10.8. The predicted molar refractivity (Wildman–Crippen MR) is 162 cm³/mol. The number of amides is 1. The van der Waals surface area contributed by atoms with E-state index in [1.165, 1.54) is 43.4 Å². The van der Waals surface area contributed by atoms with Crippen molar-refractivity contribution in [2.45, 2.75) is 97.1 Å². The van der Waals surface area contributed by atoms with Crippen LogP contribution >= 0.6 is 11.3 Å². The third kappa shape index (κ3) is 6.94. The van der Waals surface area contributed by atoms with Crippen LogP contribution in [0.3, 0.4) is 0 Å². The molecule has 6 heteroatoms. The summed E-state index contributed by atoms with van der Waals surface area (Å²) in [5, 5.41) is 6.99. The summed E-state index contributed by atoms with van der Waals surface area (Å²) < 4.78 is 0. The molecule has 4 unspecified atom stereocenters. The molecule has 1 aliphatic carbocycles. The molecule has 4 atom stereocenters. The topological polar surface area (TPSA) is 48.5 Å². The van der Waals surface area contributed by atoms with Gasteiger partial charge in [0.1, 0.15) is 0 Å². The van der Waals surface area contributed by atoms with Crippen LogP contribution in [0, 0.1) is 24.2 Å². The molecule has 5 rings (SSSR count). The average molecular weight is 551 g/mol. The van der Waals surface area contributed by atoms with Gasteiger partial charge in [0, 0.05) is 37.6 Å². The average Bonchev–Trinajstić information content (AvgIpc) is 3.57. The number of nitrogens with one attached hydrogen (secondary N) is 1. The molecule has 1 aromatic carbocycles. The second-order valence-corrected chi connectivity index (χ2v) is 13.9. The van der Waals surface area contributed by atoms with Gasteiger partial charge in [0.2, 0.25) is 5.91 Å². The standard InChI is InChI=1S/C33H50N4OS/c1-4-17-36(22-29-23-39-25(2)35-29)19-16-33(3)24-34-21-30(33)32(38)37-18-15-28(26-11-7-5-8-12-26)20-31(37)27-13-9-6-10-14-27/h5,7-8,11-12,23,27-28,30-31,34H,4,6,9-10,13-22,24H2,1-3H3. The van der Waals surface area contributed by atoms with Crippen molar-refractivity contribution in [3.05, 3.63) is 52.0 Å². The lowest BCUT2D eigenvalue weighted by Crippen LogP contribution is -2.53. The molecule has 39 heavy (non-hydrogen) atoms. The molecule has 2 saturated heterocycles. The molecule has 2 aliphatic heterocycles. The fraction of sp³-hybridized carbons (Fsp3) is 0.697. The van der Waals surface area contributed by atoms with Gasteiger partial charge in [-0.3, -0.25) is 9.69 Å². The Balaban J connectivity index is 1.28. The lowest BCUT2D eigenvalue weighted by molar-refractivity contribution is -0.144. The molecule has 3 aliphatic rings. The minimum absolute atomic E-state index is 0.00550. The minimum Gasteiger partial charge on any atom is -0.339 e. The summed E-state index contributed by atoms with van der Waals surface area (Å²) in [5.74, 6) is 1.74. The van der Waals surface area contributed by atoms with Gasteiger partial charge in [-0.2, -0.15) is 0 Å². The van der Waals surface area contributed by atoms with Crippen LogP contribution in [0.2, 0.25) is 0 Å². The summed E-state index contributed by atoms with van der Waals surface area (Å²) in [6.07, 6.45) is 11.0. The van der Waals surface area contributed by atoms with Gasteiger partial charge < -0.3 is 10.2 Å². The molecule has 0 bridgehead atoms. The van der Waals surface area contributed by atoms with Crippen molar-refractivity contribution in [2.75, 3.05) is 32.7 Å². The quantitative estimate of drug-likeness (QED) is 0.361. The fourth-order valence-corrected chi connectivity index (χ4v) is 8.30. The summed E-state index contributed by atoms with van der Waals surface area (Å²) in [6, 6.07) is 11.5. The van der Waals surface area contributed by atoms with Crippen LogP contribution in [0.25, 0.3) is 0 Å². The number of piperidine rings is 1. The monoisotopic (exact) mass is 550 g/mol. The molecule has 3 heterocycles. The first-order valence-electron chi connectivity index (χ1n) is 15.7. The van der Waals surface area contributed by atoms with E-state index in [0.717, 1.165) is 70.0 Å². The highest BCUT2D eigenvalue weighted by Gasteiger charge is 2.47. The minimum atomic E-state index is -0.00550. The Morgan fingerprint density at radius 2 is 1.95 bits per heavy atom. The normalized spacial score (nSPS) is 28.3. The first-order chi connectivity index (χ1) is 19.0. The van der Waals surface area contributed by atoms with E-state index in [4.69, 9.17) is 4.98 Å². The first-order valence-corrected chi connectivity index (χ1v) is 16.5. The summed E-state index contributed by atoms with van der Waals surface area (Å²) in [5.41, 5.74) is 2.64. The maximum Gasteiger partial charge on any atom is 0.227 e. The van der Waals surface area contributed by atoms with Gasteiger partial charge in [0.25, 0.3) is 0 Å². The van der Waals surface area contributed by atoms with E-state index >= 15 is 0 Å². The van der Waals surface area contributed by atoms with Crippen LogP contribution in [-0.4, -0.2) is 59.5 Å². The smallest absolute Gasteiger partial charge is 0.227 e. The molecular weight excluding hydrogens is 500 g/mol. The highest BCUT2D eigenvalue weighted by Crippen LogP contribution is 2.42. The van der Waals surface area contributed by atoms with Gasteiger partial charge in [-0.05, 0) is 81.4 Å². The van der Waals surface area contributed by atoms with E-state index in [1.54, 1.807) is 11.3 Å². The number of hydrogen-bond acceptors (Lipinski definition) is 5. The highest BCUT2D eigenvalue weighted by atomic mass is 32.1. The Morgan fingerprint density at radius 1 is 1.15 bits per heavy atom. The number of carbonyl (C=O) groups excluding carboxylic acids is 1. The number of hydrogen-bond donors (Lipinski definition) is 1. The Hall–Kier alpha value is -1.76. The lowest BCUT2D eigenvalue weighted by atomic mass is 9.73. The van der Waals surface area contributed by atoms with Crippen LogP contribution < -0.4 is 5.32 Å². The molecule has 5 nitrogen and oxygen atoms in total. The molecule has 0 radical (unpaired) electrons. The van der Waals surface area contributed by atoms with Crippen molar-refractivity contribution in [1.82, 2.24) is 20.1 Å². The Kier molecular flexibility index (Phi) is 9.78. The maximum absolute atomic E-state index is 14.4. The molecule has 1 amide bonds. The Morgan fingerprint density at radius 3 is 2.67 bits per heavy atom. The van der Waals surface area contributed by atoms with Crippen LogP contribution in [0.5, 0.6) is 0 Å². The lowest BCUT2D eigenvalue weighted by Gasteiger charge is -2.47. The van der Waals surface area contributed by atoms with Crippen molar-refractivity contribution in [3.8, 4) is 0 Å². The zero-order chi connectivity index (χ0) is 27.2. The second kappa shape index (κ2) is 13.3. The maximum atomic E-state index is 14.4. The number of nitrogens with zero attached hydrogens (tertiary/aromatic N) is 3. The van der Waals surface area contributed by atoms with Gasteiger partial charge in [-0.25, -0.2) is 4.98 Å². The van der Waals surface area contributed by atoms with E-state index < -0.39 is 0 Å². The van der Waals surface area contributed by atoms with E-state index in [0.29, 0.717) is 23.8 Å². The first kappa shape index (κ1) is 28.8. The van der Waals surface area contributed by atoms with Crippen molar-refractivity contribution >= 4 is 17.2 Å².